The zero-order valence-electron chi connectivity index (χ0n) is 14.2. The molecule has 3 aromatic heterocycles. The van der Waals surface area contributed by atoms with Crippen LogP contribution in [0.3, 0.4) is 0 Å². The molecule has 7 heteroatoms. The molecule has 5 nitrogen and oxygen atoms in total. The van der Waals surface area contributed by atoms with Crippen LogP contribution >= 0.6 is 27.3 Å². The Labute approximate surface area is 162 Å². The number of benzene rings is 1. The van der Waals surface area contributed by atoms with Gasteiger partial charge in [-0.2, -0.15) is 0 Å². The van der Waals surface area contributed by atoms with Crippen molar-refractivity contribution in [3.05, 3.63) is 63.4 Å². The summed E-state index contributed by atoms with van der Waals surface area (Å²) >= 11 is 5.05. The summed E-state index contributed by atoms with van der Waals surface area (Å²) in [6, 6.07) is 11.6. The highest BCUT2D eigenvalue weighted by Crippen LogP contribution is 2.29. The average molecular weight is 431 g/mol. The Hall–Kier alpha value is -2.38. The van der Waals surface area contributed by atoms with E-state index in [2.05, 4.69) is 20.9 Å². The zero-order valence-corrected chi connectivity index (χ0v) is 16.6. The summed E-state index contributed by atoms with van der Waals surface area (Å²) in [5.74, 6) is 0.934. The first-order chi connectivity index (χ1) is 12.6. The first-order valence-electron chi connectivity index (χ1n) is 7.94. The van der Waals surface area contributed by atoms with E-state index in [9.17, 15) is 4.79 Å². The second kappa shape index (κ2) is 6.74. The summed E-state index contributed by atoms with van der Waals surface area (Å²) in [4.78, 5) is 17.8. The van der Waals surface area contributed by atoms with Crippen LogP contribution in [-0.4, -0.2) is 22.6 Å². The molecule has 4 aromatic rings. The number of oxazole rings is 1. The van der Waals surface area contributed by atoms with E-state index < -0.39 is 0 Å². The molecule has 0 fully saturated rings. The van der Waals surface area contributed by atoms with Crippen molar-refractivity contribution in [3.63, 3.8) is 0 Å². The number of carbonyl (C=O) groups excluding carboxylic acids is 1. The summed E-state index contributed by atoms with van der Waals surface area (Å²) in [5.41, 5.74) is 2.20. The number of fused-ring (bicyclic) bond motifs is 1. The van der Waals surface area contributed by atoms with Gasteiger partial charge in [0, 0.05) is 15.4 Å². The summed E-state index contributed by atoms with van der Waals surface area (Å²) in [6.45, 7) is 2.33. The Morgan fingerprint density at radius 3 is 2.96 bits per heavy atom. The summed E-state index contributed by atoms with van der Waals surface area (Å²) in [5, 5.41) is 3.02. The van der Waals surface area contributed by atoms with Crippen molar-refractivity contribution < 1.29 is 13.9 Å². The van der Waals surface area contributed by atoms with Crippen molar-refractivity contribution in [2.75, 3.05) is 7.11 Å². The highest BCUT2D eigenvalue weighted by molar-refractivity contribution is 9.10. The van der Waals surface area contributed by atoms with Gasteiger partial charge < -0.3 is 13.7 Å². The first-order valence-corrected chi connectivity index (χ1v) is 9.61. The number of aromatic nitrogens is 2. The van der Waals surface area contributed by atoms with Gasteiger partial charge in [0.1, 0.15) is 22.0 Å². The third kappa shape index (κ3) is 2.97. The molecule has 0 aliphatic heterocycles. The van der Waals surface area contributed by atoms with Gasteiger partial charge in [-0.1, -0.05) is 22.0 Å². The van der Waals surface area contributed by atoms with Crippen LogP contribution in [0.2, 0.25) is 0 Å². The number of aryl methyl sites for hydroxylation is 1. The molecule has 0 amide bonds. The van der Waals surface area contributed by atoms with Crippen LogP contribution in [0, 0.1) is 6.92 Å². The highest BCUT2D eigenvalue weighted by atomic mass is 79.9. The number of thiophene rings is 1. The molecule has 132 valence electrons. The van der Waals surface area contributed by atoms with Crippen LogP contribution in [0.15, 0.2) is 50.7 Å². The lowest BCUT2D eigenvalue weighted by Gasteiger charge is -2.07. The minimum Gasteiger partial charge on any atom is -0.464 e. The van der Waals surface area contributed by atoms with Crippen molar-refractivity contribution in [2.45, 2.75) is 13.5 Å². The molecule has 0 aliphatic rings. The maximum absolute atomic E-state index is 12.2. The fourth-order valence-electron chi connectivity index (χ4n) is 2.88. The topological polar surface area (TPSA) is 57.3 Å². The quantitative estimate of drug-likeness (QED) is 0.414. The van der Waals surface area contributed by atoms with Crippen LogP contribution in [0.1, 0.15) is 21.9 Å². The fraction of sp³-hybridized carbons (Fsp3) is 0.158. The number of carbonyl (C=O) groups is 1. The van der Waals surface area contributed by atoms with E-state index in [0.717, 1.165) is 31.7 Å². The minimum absolute atomic E-state index is 0.359. The van der Waals surface area contributed by atoms with Crippen molar-refractivity contribution in [3.8, 4) is 11.5 Å². The largest absolute Gasteiger partial charge is 0.464 e. The van der Waals surface area contributed by atoms with Crippen molar-refractivity contribution in [1.29, 1.82) is 0 Å². The van der Waals surface area contributed by atoms with Crippen LogP contribution in [0.25, 0.3) is 21.7 Å². The van der Waals surface area contributed by atoms with Gasteiger partial charge >= 0.3 is 5.97 Å². The smallest absolute Gasteiger partial charge is 0.354 e. The normalized spacial score (nSPS) is 11.2. The molecule has 3 heterocycles. The van der Waals surface area contributed by atoms with E-state index in [1.54, 1.807) is 11.3 Å². The molecular formula is C19H15BrN2O3S. The van der Waals surface area contributed by atoms with Gasteiger partial charge in [-0.15, -0.1) is 11.3 Å². The molecule has 1 aromatic carbocycles. The van der Waals surface area contributed by atoms with Gasteiger partial charge in [-0.05, 0) is 42.6 Å². The molecule has 4 rings (SSSR count). The van der Waals surface area contributed by atoms with Gasteiger partial charge in [-0.3, -0.25) is 0 Å². The van der Waals surface area contributed by atoms with Crippen molar-refractivity contribution in [2.24, 2.45) is 0 Å². The Kier molecular flexibility index (Phi) is 4.42. The molecule has 0 spiro atoms. The predicted molar refractivity (Wildman–Crippen MR) is 105 cm³/mol. The number of ether oxygens (including phenoxy) is 1. The first kappa shape index (κ1) is 17.1. The van der Waals surface area contributed by atoms with E-state index in [4.69, 9.17) is 9.15 Å². The number of halogens is 1. The predicted octanol–water partition coefficient (Wildman–Crippen LogP) is 5.26. The molecule has 0 bridgehead atoms. The Morgan fingerprint density at radius 1 is 1.35 bits per heavy atom. The van der Waals surface area contributed by atoms with Gasteiger partial charge in [0.05, 0.1) is 13.7 Å². The van der Waals surface area contributed by atoms with E-state index in [1.165, 1.54) is 7.11 Å². The van der Waals surface area contributed by atoms with Crippen LogP contribution in [0.5, 0.6) is 0 Å². The zero-order chi connectivity index (χ0) is 18.3. The van der Waals surface area contributed by atoms with Crippen LogP contribution < -0.4 is 0 Å². The SMILES string of the molecule is COC(=O)c1cc2ccsc2n1Cc1nc(-c2cccc(Br)c2)oc1C. The molecule has 0 atom stereocenters. The Bertz CT molecular complexity index is 1110. The molecule has 0 saturated carbocycles. The average Bonchev–Trinajstić information content (AvgIpc) is 3.31. The number of esters is 1. The monoisotopic (exact) mass is 430 g/mol. The van der Waals surface area contributed by atoms with Gasteiger partial charge in [-0.25, -0.2) is 9.78 Å². The summed E-state index contributed by atoms with van der Waals surface area (Å²) in [7, 11) is 1.39. The second-order valence-corrected chi connectivity index (χ2v) is 7.63. The van der Waals surface area contributed by atoms with Crippen LogP contribution in [0.4, 0.5) is 0 Å². The lowest BCUT2D eigenvalue weighted by Crippen LogP contribution is -2.11. The molecule has 0 radical (unpaired) electrons. The number of nitrogens with zero attached hydrogens (tertiary/aromatic N) is 2. The minimum atomic E-state index is -0.359. The third-order valence-electron chi connectivity index (χ3n) is 4.17. The molecule has 0 aliphatic carbocycles. The molecule has 26 heavy (non-hydrogen) atoms. The maximum Gasteiger partial charge on any atom is 0.354 e. The summed E-state index contributed by atoms with van der Waals surface area (Å²) in [6.07, 6.45) is 0. The van der Waals surface area contributed by atoms with Gasteiger partial charge in [0.25, 0.3) is 0 Å². The molecule has 0 saturated heterocycles. The third-order valence-corrected chi connectivity index (χ3v) is 5.61. The Morgan fingerprint density at radius 2 is 2.19 bits per heavy atom. The lowest BCUT2D eigenvalue weighted by atomic mass is 10.2. The number of methoxy groups -OCH3 is 1. The lowest BCUT2D eigenvalue weighted by molar-refractivity contribution is 0.0589. The molecular weight excluding hydrogens is 416 g/mol. The number of hydrogen-bond acceptors (Lipinski definition) is 5. The number of rotatable bonds is 4. The standard InChI is InChI=1S/C19H15BrN2O3S/c1-11-15(21-17(25-11)12-4-3-5-14(20)8-12)10-22-16(19(23)24-2)9-13-6-7-26-18(13)22/h3-9H,10H2,1-2H3. The molecule has 0 unspecified atom stereocenters. The van der Waals surface area contributed by atoms with Gasteiger partial charge in [0.15, 0.2) is 0 Å². The maximum atomic E-state index is 12.2. The number of hydrogen-bond donors (Lipinski definition) is 0. The van der Waals surface area contributed by atoms with Gasteiger partial charge in [0.2, 0.25) is 5.89 Å². The fourth-order valence-corrected chi connectivity index (χ4v) is 4.17. The van der Waals surface area contributed by atoms with E-state index >= 15 is 0 Å². The van der Waals surface area contributed by atoms with E-state index in [0.29, 0.717) is 18.1 Å². The van der Waals surface area contributed by atoms with E-state index in [1.807, 2.05) is 53.3 Å². The molecule has 0 N–H and O–H groups in total. The summed E-state index contributed by atoms with van der Waals surface area (Å²) < 4.78 is 13.7. The van der Waals surface area contributed by atoms with Crippen LogP contribution in [-0.2, 0) is 11.3 Å². The second-order valence-electron chi connectivity index (χ2n) is 5.82. The van der Waals surface area contributed by atoms with Crippen molar-refractivity contribution in [1.82, 2.24) is 9.55 Å². The van der Waals surface area contributed by atoms with E-state index in [-0.39, 0.29) is 5.97 Å². The highest BCUT2D eigenvalue weighted by Gasteiger charge is 2.20. The Balaban J connectivity index is 1.75. The van der Waals surface area contributed by atoms with Crippen molar-refractivity contribution >= 4 is 43.5 Å².